The SMILES string of the molecule is CON(C)C(=O)C1CCCN(C(C)=O)C1. The monoisotopic (exact) mass is 214 g/mol. The van der Waals surface area contributed by atoms with Gasteiger partial charge in [0.25, 0.3) is 5.91 Å². The minimum absolute atomic E-state index is 0.0348. The van der Waals surface area contributed by atoms with Crippen molar-refractivity contribution in [2.75, 3.05) is 27.2 Å². The summed E-state index contributed by atoms with van der Waals surface area (Å²) in [5.74, 6) is -0.136. The molecule has 0 N–H and O–H groups in total. The van der Waals surface area contributed by atoms with Crippen molar-refractivity contribution >= 4 is 11.8 Å². The van der Waals surface area contributed by atoms with Crippen molar-refractivity contribution in [2.24, 2.45) is 5.92 Å². The average molecular weight is 214 g/mol. The van der Waals surface area contributed by atoms with Crippen LogP contribution in [0.2, 0.25) is 0 Å². The Morgan fingerprint density at radius 2 is 2.13 bits per heavy atom. The van der Waals surface area contributed by atoms with Gasteiger partial charge < -0.3 is 4.90 Å². The van der Waals surface area contributed by atoms with Crippen LogP contribution in [0.5, 0.6) is 0 Å². The molecule has 0 saturated carbocycles. The molecule has 1 fully saturated rings. The van der Waals surface area contributed by atoms with E-state index in [-0.39, 0.29) is 17.7 Å². The lowest BCUT2D eigenvalue weighted by Crippen LogP contribution is -2.44. The molecule has 0 radical (unpaired) electrons. The van der Waals surface area contributed by atoms with E-state index in [4.69, 9.17) is 4.84 Å². The summed E-state index contributed by atoms with van der Waals surface area (Å²) < 4.78 is 0. The number of carbonyl (C=O) groups excluding carboxylic acids is 2. The van der Waals surface area contributed by atoms with E-state index in [1.165, 1.54) is 19.1 Å². The fourth-order valence-electron chi connectivity index (χ4n) is 1.81. The molecule has 5 nitrogen and oxygen atoms in total. The predicted molar refractivity (Wildman–Crippen MR) is 54.8 cm³/mol. The van der Waals surface area contributed by atoms with Gasteiger partial charge in [-0.05, 0) is 12.8 Å². The van der Waals surface area contributed by atoms with Gasteiger partial charge in [0.05, 0.1) is 13.0 Å². The molecule has 0 aromatic heterocycles. The molecule has 0 aromatic rings. The molecule has 5 heteroatoms. The fourth-order valence-corrected chi connectivity index (χ4v) is 1.81. The van der Waals surface area contributed by atoms with Crippen LogP contribution in [-0.2, 0) is 14.4 Å². The Labute approximate surface area is 89.9 Å². The maximum Gasteiger partial charge on any atom is 0.250 e. The summed E-state index contributed by atoms with van der Waals surface area (Å²) in [5, 5.41) is 1.23. The second kappa shape index (κ2) is 5.11. The number of piperidine rings is 1. The molecule has 0 bridgehead atoms. The Morgan fingerprint density at radius 1 is 1.47 bits per heavy atom. The zero-order chi connectivity index (χ0) is 11.4. The van der Waals surface area contributed by atoms with Crippen LogP contribution in [0.4, 0.5) is 0 Å². The number of hydrogen-bond donors (Lipinski definition) is 0. The van der Waals surface area contributed by atoms with Crippen LogP contribution >= 0.6 is 0 Å². The van der Waals surface area contributed by atoms with Gasteiger partial charge in [-0.2, -0.15) is 0 Å². The van der Waals surface area contributed by atoms with Crippen LogP contribution in [0.1, 0.15) is 19.8 Å². The van der Waals surface area contributed by atoms with Crippen molar-refractivity contribution in [3.8, 4) is 0 Å². The van der Waals surface area contributed by atoms with Crippen molar-refractivity contribution in [1.29, 1.82) is 0 Å². The number of carbonyl (C=O) groups is 2. The van der Waals surface area contributed by atoms with Crippen LogP contribution in [0.25, 0.3) is 0 Å². The lowest BCUT2D eigenvalue weighted by atomic mass is 9.97. The van der Waals surface area contributed by atoms with E-state index in [0.717, 1.165) is 19.4 Å². The number of amides is 2. The van der Waals surface area contributed by atoms with Gasteiger partial charge in [-0.3, -0.25) is 14.4 Å². The summed E-state index contributed by atoms with van der Waals surface area (Å²) >= 11 is 0. The molecule has 86 valence electrons. The van der Waals surface area contributed by atoms with Gasteiger partial charge in [0.15, 0.2) is 0 Å². The molecule has 1 rings (SSSR count). The van der Waals surface area contributed by atoms with Crippen LogP contribution in [0.3, 0.4) is 0 Å². The molecule has 1 saturated heterocycles. The zero-order valence-electron chi connectivity index (χ0n) is 9.52. The number of likely N-dealkylation sites (tertiary alicyclic amines) is 1. The van der Waals surface area contributed by atoms with Crippen molar-refractivity contribution in [2.45, 2.75) is 19.8 Å². The molecule has 1 aliphatic heterocycles. The number of rotatable bonds is 2. The Balaban J connectivity index is 2.56. The Morgan fingerprint density at radius 3 is 2.67 bits per heavy atom. The fraction of sp³-hybridized carbons (Fsp3) is 0.800. The third-order valence-corrected chi connectivity index (χ3v) is 2.80. The minimum Gasteiger partial charge on any atom is -0.342 e. The highest BCUT2D eigenvalue weighted by molar-refractivity contribution is 5.79. The van der Waals surface area contributed by atoms with E-state index in [0.29, 0.717) is 6.54 Å². The topological polar surface area (TPSA) is 49.9 Å². The first kappa shape index (κ1) is 12.0. The van der Waals surface area contributed by atoms with Crippen molar-refractivity contribution in [3.63, 3.8) is 0 Å². The van der Waals surface area contributed by atoms with E-state index < -0.39 is 0 Å². The summed E-state index contributed by atoms with van der Waals surface area (Å²) in [7, 11) is 3.05. The highest BCUT2D eigenvalue weighted by atomic mass is 16.7. The lowest BCUT2D eigenvalue weighted by Gasteiger charge is -2.32. The van der Waals surface area contributed by atoms with Crippen LogP contribution < -0.4 is 0 Å². The van der Waals surface area contributed by atoms with Gasteiger partial charge >= 0.3 is 0 Å². The van der Waals surface area contributed by atoms with Crippen molar-refractivity contribution < 1.29 is 14.4 Å². The van der Waals surface area contributed by atoms with Gasteiger partial charge in [-0.25, -0.2) is 5.06 Å². The summed E-state index contributed by atoms with van der Waals surface area (Å²) in [6.07, 6.45) is 1.71. The lowest BCUT2D eigenvalue weighted by molar-refractivity contribution is -0.175. The molecule has 2 amide bonds. The van der Waals surface area contributed by atoms with E-state index in [1.807, 2.05) is 0 Å². The molecule has 15 heavy (non-hydrogen) atoms. The van der Waals surface area contributed by atoms with Crippen LogP contribution in [0.15, 0.2) is 0 Å². The summed E-state index contributed by atoms with van der Waals surface area (Å²) in [5.41, 5.74) is 0. The second-order valence-corrected chi connectivity index (χ2v) is 3.82. The molecule has 1 heterocycles. The average Bonchev–Trinajstić information content (AvgIpc) is 2.27. The third kappa shape index (κ3) is 2.92. The van der Waals surface area contributed by atoms with Crippen LogP contribution in [0, 0.1) is 5.92 Å². The first-order valence-corrected chi connectivity index (χ1v) is 5.13. The second-order valence-electron chi connectivity index (χ2n) is 3.82. The third-order valence-electron chi connectivity index (χ3n) is 2.80. The van der Waals surface area contributed by atoms with Crippen LogP contribution in [-0.4, -0.2) is 49.0 Å². The van der Waals surface area contributed by atoms with E-state index in [1.54, 1.807) is 11.9 Å². The molecule has 0 aromatic carbocycles. The maximum atomic E-state index is 11.8. The predicted octanol–water partition coefficient (Wildman–Crippen LogP) is 0.265. The molecular weight excluding hydrogens is 196 g/mol. The van der Waals surface area contributed by atoms with Gasteiger partial charge in [0.1, 0.15) is 0 Å². The van der Waals surface area contributed by atoms with E-state index in [9.17, 15) is 9.59 Å². The van der Waals surface area contributed by atoms with E-state index in [2.05, 4.69) is 0 Å². The summed E-state index contributed by atoms with van der Waals surface area (Å²) in [6.45, 7) is 2.81. The Kier molecular flexibility index (Phi) is 4.08. The standard InChI is InChI=1S/C10H18N2O3/c1-8(13)12-6-4-5-9(7-12)10(14)11(2)15-3/h9H,4-7H2,1-3H3. The first-order valence-electron chi connectivity index (χ1n) is 5.13. The maximum absolute atomic E-state index is 11.8. The summed E-state index contributed by atoms with van der Waals surface area (Å²) in [4.78, 5) is 29.5. The molecule has 1 unspecified atom stereocenters. The highest BCUT2D eigenvalue weighted by Gasteiger charge is 2.29. The molecule has 0 spiro atoms. The van der Waals surface area contributed by atoms with Gasteiger partial charge in [-0.15, -0.1) is 0 Å². The number of hydrogen-bond acceptors (Lipinski definition) is 3. The van der Waals surface area contributed by atoms with Crippen molar-refractivity contribution in [3.05, 3.63) is 0 Å². The number of hydroxylamine groups is 2. The largest absolute Gasteiger partial charge is 0.342 e. The molecule has 1 atom stereocenters. The van der Waals surface area contributed by atoms with E-state index >= 15 is 0 Å². The minimum atomic E-state index is -0.118. The zero-order valence-corrected chi connectivity index (χ0v) is 9.52. The van der Waals surface area contributed by atoms with Gasteiger partial charge in [0.2, 0.25) is 5.91 Å². The van der Waals surface area contributed by atoms with Gasteiger partial charge in [-0.1, -0.05) is 0 Å². The normalized spacial score (nSPS) is 21.3. The smallest absolute Gasteiger partial charge is 0.250 e. The molecule has 0 aliphatic carbocycles. The quantitative estimate of drug-likeness (QED) is 0.620. The Bertz CT molecular complexity index is 255. The van der Waals surface area contributed by atoms with Crippen molar-refractivity contribution in [1.82, 2.24) is 9.96 Å². The molecule has 1 aliphatic rings. The highest BCUT2D eigenvalue weighted by Crippen LogP contribution is 2.18. The number of nitrogens with zero attached hydrogens (tertiary/aromatic N) is 2. The van der Waals surface area contributed by atoms with Gasteiger partial charge in [0, 0.05) is 27.1 Å². The summed E-state index contributed by atoms with van der Waals surface area (Å²) in [6, 6.07) is 0. The first-order chi connectivity index (χ1) is 7.06. The molecular formula is C10H18N2O3. The Hall–Kier alpha value is -1.10.